The van der Waals surface area contributed by atoms with E-state index >= 15 is 0 Å². The smallest absolute Gasteiger partial charge is 0.332 e. The predicted octanol–water partition coefficient (Wildman–Crippen LogP) is -1.49. The Hall–Kier alpha value is -2.01. The molecule has 2 unspecified atom stereocenters. The Morgan fingerprint density at radius 1 is 1.15 bits per heavy atom. The first kappa shape index (κ1) is 17.4. The van der Waals surface area contributed by atoms with Crippen LogP contribution in [0, 0.1) is 0 Å². The number of fused-ring (bicyclic) bond motifs is 1. The van der Waals surface area contributed by atoms with Gasteiger partial charge in [0.2, 0.25) is 0 Å². The van der Waals surface area contributed by atoms with Crippen molar-refractivity contribution in [1.29, 1.82) is 0 Å². The van der Waals surface area contributed by atoms with E-state index in [1.54, 1.807) is 17.9 Å². The van der Waals surface area contributed by atoms with E-state index in [0.29, 0.717) is 24.3 Å². The van der Waals surface area contributed by atoms with Crippen molar-refractivity contribution in [3.8, 4) is 0 Å². The van der Waals surface area contributed by atoms with Crippen LogP contribution in [-0.4, -0.2) is 75.4 Å². The molecule has 0 amide bonds. The van der Waals surface area contributed by atoms with Crippen molar-refractivity contribution in [2.45, 2.75) is 18.9 Å². The van der Waals surface area contributed by atoms with Gasteiger partial charge in [0.05, 0.1) is 38.8 Å². The number of rotatable bonds is 4. The van der Waals surface area contributed by atoms with Crippen LogP contribution in [0.3, 0.4) is 0 Å². The molecule has 4 heterocycles. The molecule has 0 saturated carbocycles. The number of aryl methyl sites for hydroxylation is 1. The van der Waals surface area contributed by atoms with E-state index in [2.05, 4.69) is 9.88 Å². The van der Waals surface area contributed by atoms with Gasteiger partial charge in [0.25, 0.3) is 5.56 Å². The van der Waals surface area contributed by atoms with Gasteiger partial charge in [-0.3, -0.25) is 18.8 Å². The number of hydrogen-bond acceptors (Lipinski definition) is 7. The van der Waals surface area contributed by atoms with Crippen molar-refractivity contribution in [3.63, 3.8) is 0 Å². The number of ether oxygens (including phenoxy) is 3. The summed E-state index contributed by atoms with van der Waals surface area (Å²) < 4.78 is 21.2. The normalized spacial score (nSPS) is 24.5. The van der Waals surface area contributed by atoms with Gasteiger partial charge in [-0.05, 0) is 0 Å². The first-order chi connectivity index (χ1) is 12.5. The van der Waals surface area contributed by atoms with Crippen molar-refractivity contribution < 1.29 is 14.2 Å². The first-order valence-corrected chi connectivity index (χ1v) is 8.72. The van der Waals surface area contributed by atoms with Gasteiger partial charge in [0, 0.05) is 33.7 Å². The second-order valence-corrected chi connectivity index (χ2v) is 6.71. The van der Waals surface area contributed by atoms with E-state index in [9.17, 15) is 9.59 Å². The molecular weight excluding hydrogens is 342 g/mol. The summed E-state index contributed by atoms with van der Waals surface area (Å²) in [5.41, 5.74) is -0.0328. The van der Waals surface area contributed by atoms with Gasteiger partial charge in [-0.1, -0.05) is 0 Å². The Morgan fingerprint density at radius 2 is 1.92 bits per heavy atom. The molecule has 4 rings (SSSR count). The topological polar surface area (TPSA) is 92.8 Å². The summed E-state index contributed by atoms with van der Waals surface area (Å²) in [4.78, 5) is 31.0. The molecule has 0 bridgehead atoms. The molecule has 26 heavy (non-hydrogen) atoms. The van der Waals surface area contributed by atoms with Crippen LogP contribution >= 0.6 is 0 Å². The Balaban J connectivity index is 1.48. The molecule has 0 N–H and O–H groups in total. The monoisotopic (exact) mass is 365 g/mol. The van der Waals surface area contributed by atoms with Gasteiger partial charge >= 0.3 is 5.69 Å². The molecule has 2 aromatic heterocycles. The van der Waals surface area contributed by atoms with Crippen molar-refractivity contribution in [2.75, 3.05) is 39.5 Å². The van der Waals surface area contributed by atoms with Crippen LogP contribution in [0.1, 0.15) is 0 Å². The lowest BCUT2D eigenvalue weighted by Crippen LogP contribution is -2.41. The second-order valence-electron chi connectivity index (χ2n) is 6.71. The highest BCUT2D eigenvalue weighted by atomic mass is 16.7. The third-order valence-electron chi connectivity index (χ3n) is 4.94. The Bertz CT molecular complexity index is 910. The van der Waals surface area contributed by atoms with E-state index in [1.807, 2.05) is 0 Å². The van der Waals surface area contributed by atoms with Gasteiger partial charge in [-0.15, -0.1) is 0 Å². The summed E-state index contributed by atoms with van der Waals surface area (Å²) in [7, 11) is 3.06. The summed E-state index contributed by atoms with van der Waals surface area (Å²) in [5, 5.41) is 0. The fourth-order valence-corrected chi connectivity index (χ4v) is 3.47. The molecule has 142 valence electrons. The van der Waals surface area contributed by atoms with Gasteiger partial charge in [0.1, 0.15) is 0 Å². The fourth-order valence-electron chi connectivity index (χ4n) is 3.47. The fraction of sp³-hybridized carbons (Fsp3) is 0.688. The summed E-state index contributed by atoms with van der Waals surface area (Å²) in [6, 6.07) is 0. The molecular formula is C16H23N5O5. The van der Waals surface area contributed by atoms with E-state index in [-0.39, 0.29) is 11.7 Å². The molecule has 2 aliphatic heterocycles. The summed E-state index contributed by atoms with van der Waals surface area (Å²) >= 11 is 0. The molecule has 2 aromatic rings. The average Bonchev–Trinajstić information content (AvgIpc) is 3.26. The molecule has 2 saturated heterocycles. The van der Waals surface area contributed by atoms with Gasteiger partial charge < -0.3 is 18.8 Å². The van der Waals surface area contributed by atoms with Crippen molar-refractivity contribution in [1.82, 2.24) is 23.6 Å². The summed E-state index contributed by atoms with van der Waals surface area (Å²) in [5.74, 6) is 0. The molecule has 0 aliphatic carbocycles. The molecule has 2 aliphatic rings. The maximum Gasteiger partial charge on any atom is 0.332 e. The third-order valence-corrected chi connectivity index (χ3v) is 4.94. The van der Waals surface area contributed by atoms with Crippen LogP contribution in [0.15, 0.2) is 15.9 Å². The molecule has 2 fully saturated rings. The molecule has 0 radical (unpaired) electrons. The second kappa shape index (κ2) is 6.95. The highest BCUT2D eigenvalue weighted by Gasteiger charge is 2.29. The number of hydrogen-bond donors (Lipinski definition) is 0. The molecule has 0 aromatic carbocycles. The lowest BCUT2D eigenvalue weighted by molar-refractivity contribution is -0.0740. The number of morpholine rings is 1. The average molecular weight is 365 g/mol. The molecule has 10 nitrogen and oxygen atoms in total. The van der Waals surface area contributed by atoms with E-state index in [0.717, 1.165) is 37.4 Å². The van der Waals surface area contributed by atoms with Crippen molar-refractivity contribution >= 4 is 11.2 Å². The Morgan fingerprint density at radius 3 is 2.69 bits per heavy atom. The van der Waals surface area contributed by atoms with Gasteiger partial charge in [-0.25, -0.2) is 9.78 Å². The minimum atomic E-state index is -0.444. The highest BCUT2D eigenvalue weighted by molar-refractivity contribution is 5.69. The predicted molar refractivity (Wildman–Crippen MR) is 92.1 cm³/mol. The van der Waals surface area contributed by atoms with Gasteiger partial charge in [0.15, 0.2) is 17.5 Å². The van der Waals surface area contributed by atoms with Crippen LogP contribution in [0.4, 0.5) is 0 Å². The zero-order chi connectivity index (χ0) is 18.3. The Kier molecular flexibility index (Phi) is 4.65. The minimum absolute atomic E-state index is 0.0000687. The number of nitrogens with zero attached hydrogens (tertiary/aromatic N) is 5. The minimum Gasteiger partial charge on any atom is -0.379 e. The number of imidazole rings is 1. The third kappa shape index (κ3) is 3.09. The Labute approximate surface area is 149 Å². The summed E-state index contributed by atoms with van der Waals surface area (Å²) in [6.45, 7) is 4.98. The van der Waals surface area contributed by atoms with Gasteiger partial charge in [-0.2, -0.15) is 0 Å². The van der Waals surface area contributed by atoms with Crippen LogP contribution in [0.2, 0.25) is 0 Å². The van der Waals surface area contributed by atoms with Crippen LogP contribution in [0.25, 0.3) is 11.2 Å². The van der Waals surface area contributed by atoms with E-state index < -0.39 is 12.0 Å². The first-order valence-electron chi connectivity index (χ1n) is 8.72. The quantitative estimate of drug-likeness (QED) is 0.652. The van der Waals surface area contributed by atoms with E-state index in [1.165, 1.54) is 11.6 Å². The van der Waals surface area contributed by atoms with Crippen LogP contribution in [0.5, 0.6) is 0 Å². The standard InChI is InChI=1S/C16H23N5O5/c1-18-14-13(15(22)19(2)16(18)23)21(10-17-14)8-12-25-9-11(26-12)7-20-3-5-24-6-4-20/h10-12H,3-9H2,1-2H3. The maximum atomic E-state index is 12.5. The zero-order valence-electron chi connectivity index (χ0n) is 15.0. The van der Waals surface area contributed by atoms with E-state index in [4.69, 9.17) is 14.2 Å². The van der Waals surface area contributed by atoms with Crippen molar-refractivity contribution in [2.24, 2.45) is 14.1 Å². The zero-order valence-corrected chi connectivity index (χ0v) is 15.0. The SMILES string of the molecule is Cn1c(=O)c2c(ncn2CC2OCC(CN3CCOCC3)O2)n(C)c1=O. The molecule has 0 spiro atoms. The lowest BCUT2D eigenvalue weighted by Gasteiger charge is -2.28. The highest BCUT2D eigenvalue weighted by Crippen LogP contribution is 2.17. The molecule has 2 atom stereocenters. The maximum absolute atomic E-state index is 12.5. The van der Waals surface area contributed by atoms with Crippen LogP contribution in [-0.2, 0) is 34.9 Å². The van der Waals surface area contributed by atoms with Crippen molar-refractivity contribution in [3.05, 3.63) is 27.2 Å². The lowest BCUT2D eigenvalue weighted by atomic mass is 10.3. The number of aromatic nitrogens is 4. The molecule has 10 heteroatoms. The van der Waals surface area contributed by atoms with Crippen LogP contribution < -0.4 is 11.2 Å². The summed E-state index contributed by atoms with van der Waals surface area (Å²) in [6.07, 6.45) is 1.11. The largest absolute Gasteiger partial charge is 0.379 e.